The molecule has 0 aliphatic heterocycles. The fourth-order valence-corrected chi connectivity index (χ4v) is 22.4. The Labute approximate surface area is 849 Å². The van der Waals surface area contributed by atoms with Crippen LogP contribution in [0.25, 0.3) is 220 Å². The van der Waals surface area contributed by atoms with Crippen LogP contribution in [0.15, 0.2) is 356 Å². The van der Waals surface area contributed by atoms with Crippen molar-refractivity contribution in [1.82, 2.24) is 0 Å². The van der Waals surface area contributed by atoms with E-state index in [0.717, 1.165) is 288 Å². The molecule has 10 heteroatoms. The van der Waals surface area contributed by atoms with Crippen molar-refractivity contribution in [2.75, 3.05) is 0 Å². The van der Waals surface area contributed by atoms with Gasteiger partial charge in [0.05, 0.1) is 27.8 Å². The zero-order valence-corrected chi connectivity index (χ0v) is 83.4. The summed E-state index contributed by atoms with van der Waals surface area (Å²) < 4.78 is 124. The molecule has 27 rings (SSSR count). The minimum atomic E-state index is -2.42. The van der Waals surface area contributed by atoms with Crippen LogP contribution >= 0.6 is 0 Å². The highest BCUT2D eigenvalue weighted by atomic mass is 16.3. The lowest BCUT2D eigenvalue weighted by Crippen LogP contribution is -2.31. The summed E-state index contributed by atoms with van der Waals surface area (Å²) in [4.78, 5) is 0. The molecule has 10 aromatic heterocycles. The first-order valence-corrected chi connectivity index (χ1v) is 50.1. The van der Waals surface area contributed by atoms with Gasteiger partial charge in [0.25, 0.3) is 0 Å². The van der Waals surface area contributed by atoms with Gasteiger partial charge in [0, 0.05) is 154 Å². The number of rotatable bonds is 9. The Hall–Kier alpha value is -15.7. The van der Waals surface area contributed by atoms with E-state index in [1.165, 1.54) is 40.6 Å². The summed E-state index contributed by atoms with van der Waals surface area (Å²) in [5.41, 5.74) is 29.1. The van der Waals surface area contributed by atoms with E-state index in [-0.39, 0.29) is 0 Å². The van der Waals surface area contributed by atoms with Crippen LogP contribution in [-0.4, -0.2) is 0 Å². The molecule has 704 valence electrons. The molecular weight excluding hydrogens is 1750 g/mol. The Morgan fingerprint density at radius 1 is 0.259 bits per heavy atom. The summed E-state index contributed by atoms with van der Waals surface area (Å²) in [6.07, 6.45) is 19.3. The third-order valence-electron chi connectivity index (χ3n) is 30.2. The maximum Gasteiger partial charge on any atom is 0.216 e. The van der Waals surface area contributed by atoms with Crippen LogP contribution in [0.3, 0.4) is 0 Å². The monoisotopic (exact) mass is 1880 g/mol. The van der Waals surface area contributed by atoms with Crippen LogP contribution in [0.1, 0.15) is 178 Å². The van der Waals surface area contributed by atoms with E-state index in [2.05, 4.69) is 317 Å². The van der Waals surface area contributed by atoms with Crippen molar-refractivity contribution >= 4 is 164 Å². The van der Waals surface area contributed by atoms with Crippen molar-refractivity contribution in [3.05, 3.63) is 390 Å². The number of furan rings is 5. The van der Waals surface area contributed by atoms with Crippen LogP contribution in [0.5, 0.6) is 0 Å². The third-order valence-corrected chi connectivity index (χ3v) is 30.2. The molecular formula is C133H122N5O5+5. The molecule has 0 saturated heterocycles. The van der Waals surface area contributed by atoms with Gasteiger partial charge in [-0.05, 0) is 205 Å². The maximum atomic E-state index is 9.15. The average molecular weight is 1880 g/mol. The molecule has 10 nitrogen and oxygen atoms in total. The van der Waals surface area contributed by atoms with E-state index >= 15 is 0 Å². The van der Waals surface area contributed by atoms with E-state index in [4.69, 9.17) is 35.8 Å². The minimum absolute atomic E-state index is 0.323. The predicted octanol–water partition coefficient (Wildman–Crippen LogP) is 34.0. The van der Waals surface area contributed by atoms with Crippen molar-refractivity contribution in [1.29, 1.82) is 0 Å². The summed E-state index contributed by atoms with van der Waals surface area (Å²) in [5, 5.41) is 22.6. The zero-order chi connectivity index (χ0) is 107. The van der Waals surface area contributed by atoms with Gasteiger partial charge in [-0.3, -0.25) is 0 Å². The van der Waals surface area contributed by atoms with Crippen molar-refractivity contribution in [3.8, 4) is 56.3 Å². The van der Waals surface area contributed by atoms with Gasteiger partial charge in [-0.15, -0.1) is 0 Å². The Balaban J connectivity index is 0.000000104. The summed E-state index contributed by atoms with van der Waals surface area (Å²) in [6.45, 7) is 11.3. The number of pyridine rings is 5. The second kappa shape index (κ2) is 37.4. The van der Waals surface area contributed by atoms with Crippen molar-refractivity contribution in [2.45, 2.75) is 150 Å². The van der Waals surface area contributed by atoms with Crippen molar-refractivity contribution < 1.29 is 58.6 Å². The Kier molecular flexibility index (Phi) is 20.9. The van der Waals surface area contributed by atoms with E-state index in [0.29, 0.717) is 11.1 Å². The lowest BCUT2D eigenvalue weighted by atomic mass is 9.84. The van der Waals surface area contributed by atoms with Gasteiger partial charge in [0.2, 0.25) is 28.5 Å². The van der Waals surface area contributed by atoms with Gasteiger partial charge in [-0.25, -0.2) is 22.8 Å². The van der Waals surface area contributed by atoms with Crippen LogP contribution in [0.2, 0.25) is 0 Å². The Morgan fingerprint density at radius 3 is 0.846 bits per heavy atom. The summed E-state index contributed by atoms with van der Waals surface area (Å²) >= 11 is 0. The van der Waals surface area contributed by atoms with Gasteiger partial charge in [0.15, 0.2) is 31.0 Å². The lowest BCUT2D eigenvalue weighted by Gasteiger charge is -2.21. The standard InChI is InChI=1S/C29H28NO.C28H26NO.2C26H24NO.C24H20NO/c1-19-12-14-25-24-15-13-21-10-6-7-11-23(21)28(24)31-29(25)27(19)26-18-22(16-17-30(26)2)20-8-4-3-5-9-20;1-18-11-13-24-23-14-12-20-9-5-6-10-22(20)27(23)30-28(24)26(18)25-17-21(15-16-29(25)2)19-7-3-4-8-19;1-16(2)19-11-14-23(27(4)15-19)24-17(3)9-12-22-21-13-10-18-7-5-6-8-20(18)25(21)28-26(22)24;1-16(2)19-13-14-27(4)23(15-19)24-17(3)9-11-22-21-12-10-18-7-5-6-8-20(18)25(21)28-26(22)24;1-15-8-13-21(25(3)14-15)22-16(2)9-11-20-19-12-10-17-6-4-5-7-18(17)23(19)26-24(20)22/h6-7,10-18,20H,3-5,8-9H2,1-2H3;5-6,9-17,19H,3-4,7-8H2,1-2H3;2*5-16H,1-4H3;4-14H,1-3H3/q5*+1/i20D;19D;1D3,16D;16D;1D3. The number of hydrogen-bond acceptors (Lipinski definition) is 5. The first-order chi connectivity index (χ1) is 73.4. The van der Waals surface area contributed by atoms with Crippen LogP contribution in [-0.2, 0) is 35.2 Å². The molecule has 10 heterocycles. The molecule has 1 atom stereocenters. The molecule has 1 unspecified atom stereocenters. The van der Waals surface area contributed by atoms with Gasteiger partial charge < -0.3 is 22.1 Å². The molecule has 0 amide bonds. The summed E-state index contributed by atoms with van der Waals surface area (Å²) in [5.74, 6) is -3.29. The summed E-state index contributed by atoms with van der Waals surface area (Å²) in [7, 11) is 9.98. The predicted molar refractivity (Wildman–Crippen MR) is 593 cm³/mol. The lowest BCUT2D eigenvalue weighted by molar-refractivity contribution is -0.660. The molecule has 2 aliphatic carbocycles. The van der Waals surface area contributed by atoms with E-state index in [1.54, 1.807) is 24.5 Å². The van der Waals surface area contributed by atoms with Gasteiger partial charge >= 0.3 is 0 Å². The largest absolute Gasteiger partial charge is 0.454 e. The number of fused-ring (bicyclic) bond motifs is 25. The van der Waals surface area contributed by atoms with Crippen LogP contribution in [0.4, 0.5) is 0 Å². The summed E-state index contributed by atoms with van der Waals surface area (Å²) in [6, 6.07) is 105. The zero-order valence-electron chi connectivity index (χ0n) is 93.4. The SMILES string of the molecule is [2H]C(C)(C)c1cc[n+](C)c(-c2c(C)ccc3c2oc2c4ccccc4ccc32)c1.[2H]C([2H])([2H])C([2H])(C)c1ccc(-c2c(C)ccc3c2oc2c4ccccc4ccc32)[n+](C)c1.[2H]C([2H])([2H])c1ccc(-c2c(C)ccc3c2oc2c4ccccc4ccc32)[n+](C)c1.[2H]C1(c2cc[n+](C)c(-c3c(C)ccc4c3oc3c5ccccc5ccc43)c2)CCCC1.[2H]C1(c2cc[n+](C)c(-c3c(C)ccc4c3oc3c5ccccc5ccc43)c2)CCCCC1. The van der Waals surface area contributed by atoms with E-state index in [9.17, 15) is 0 Å². The molecule has 2 saturated carbocycles. The Bertz CT molecular complexity index is 9910. The van der Waals surface area contributed by atoms with Crippen LogP contribution in [0, 0.1) is 41.5 Å². The maximum absolute atomic E-state index is 9.15. The molecule has 0 bridgehead atoms. The normalized spacial score (nSPS) is 15.4. The third kappa shape index (κ3) is 16.4. The van der Waals surface area contributed by atoms with Crippen LogP contribution < -0.4 is 22.8 Å². The molecule has 143 heavy (non-hydrogen) atoms. The molecule has 2 fully saturated rings. The highest BCUT2D eigenvalue weighted by Gasteiger charge is 2.32. The number of aromatic nitrogens is 5. The van der Waals surface area contributed by atoms with E-state index < -0.39 is 37.3 Å². The molecule has 2 aliphatic rings. The molecule has 0 radical (unpaired) electrons. The average Bonchev–Trinajstić information content (AvgIpc) is 1.58. The second-order valence-corrected chi connectivity index (χ2v) is 39.7. The number of nitrogens with zero attached hydrogens (tertiary/aromatic N) is 5. The number of benzene rings is 15. The van der Waals surface area contributed by atoms with Crippen molar-refractivity contribution in [2.24, 2.45) is 35.2 Å². The Morgan fingerprint density at radius 2 is 0.538 bits per heavy atom. The highest BCUT2D eigenvalue weighted by molar-refractivity contribution is 6.22. The number of hydrogen-bond donors (Lipinski definition) is 0. The molecule has 25 aromatic rings. The molecule has 0 spiro atoms. The second-order valence-electron chi connectivity index (χ2n) is 39.7. The first-order valence-electron chi connectivity index (χ1n) is 55.1. The van der Waals surface area contributed by atoms with E-state index in [1.807, 2.05) is 99.7 Å². The van der Waals surface area contributed by atoms with Gasteiger partial charge in [-0.2, -0.15) is 0 Å². The van der Waals surface area contributed by atoms with Crippen molar-refractivity contribution in [3.63, 3.8) is 0 Å². The fraction of sp³-hybridized carbons (Fsp3) is 0.211. The minimum Gasteiger partial charge on any atom is -0.454 e. The molecule has 0 N–H and O–H groups in total. The smallest absolute Gasteiger partial charge is 0.216 e. The highest BCUT2D eigenvalue weighted by Crippen LogP contribution is 2.49. The first kappa shape index (κ1) is 80.1. The molecule has 15 aromatic carbocycles. The quantitative estimate of drug-likeness (QED) is 0.134. The number of aryl methyl sites for hydroxylation is 11. The topological polar surface area (TPSA) is 85.1 Å². The van der Waals surface area contributed by atoms with Gasteiger partial charge in [-0.1, -0.05) is 272 Å². The fourth-order valence-electron chi connectivity index (χ4n) is 22.4. The van der Waals surface area contributed by atoms with Gasteiger partial charge in [0.1, 0.15) is 91.1 Å².